The van der Waals surface area contributed by atoms with Gasteiger partial charge in [0.05, 0.1) is 19.4 Å². The molecule has 4 N–H and O–H groups in total. The molecule has 30 heavy (non-hydrogen) atoms. The molecular weight excluding hydrogens is 387 g/mol. The highest BCUT2D eigenvalue weighted by Gasteiger charge is 2.19. The fourth-order valence-corrected chi connectivity index (χ4v) is 2.67. The van der Waals surface area contributed by atoms with Crippen LogP contribution in [0, 0.1) is 5.82 Å². The van der Waals surface area contributed by atoms with Gasteiger partial charge >= 0.3 is 0 Å². The summed E-state index contributed by atoms with van der Waals surface area (Å²) >= 11 is 0. The van der Waals surface area contributed by atoms with Crippen molar-refractivity contribution in [1.29, 1.82) is 0 Å². The second-order valence-corrected chi connectivity index (χ2v) is 7.36. The number of nitrogens with one attached hydrogen (secondary N) is 2. The van der Waals surface area contributed by atoms with Gasteiger partial charge in [0, 0.05) is 16.8 Å². The normalized spacial score (nSPS) is 11.2. The number of anilines is 4. The molecule has 0 aliphatic rings. The topological polar surface area (TPSA) is 99.5 Å². The minimum Gasteiger partial charge on any atom is -0.491 e. The Bertz CT molecular complexity index is 963. The van der Waals surface area contributed by atoms with E-state index in [0.717, 1.165) is 11.8 Å². The quantitative estimate of drug-likeness (QED) is 0.425. The van der Waals surface area contributed by atoms with Gasteiger partial charge in [0.1, 0.15) is 12.4 Å². The van der Waals surface area contributed by atoms with Gasteiger partial charge < -0.3 is 25.6 Å². The molecule has 2 aromatic carbocycles. The van der Waals surface area contributed by atoms with Gasteiger partial charge in [-0.2, -0.15) is 4.98 Å². The van der Waals surface area contributed by atoms with E-state index in [1.54, 1.807) is 24.3 Å². The SMILES string of the molecule is CC(C)(CO)c1ccc(Nc2nc(Nc3ccc(OCCO)cc3)ncc2F)cc1. The number of rotatable bonds is 9. The lowest BCUT2D eigenvalue weighted by Crippen LogP contribution is -2.21. The largest absolute Gasteiger partial charge is 0.491 e. The second-order valence-electron chi connectivity index (χ2n) is 7.36. The van der Waals surface area contributed by atoms with Crippen LogP contribution in [0.15, 0.2) is 54.7 Å². The first-order valence-corrected chi connectivity index (χ1v) is 9.53. The Morgan fingerprint density at radius 3 is 2.23 bits per heavy atom. The van der Waals surface area contributed by atoms with Crippen LogP contribution in [0.4, 0.5) is 27.5 Å². The third kappa shape index (κ3) is 5.43. The lowest BCUT2D eigenvalue weighted by molar-refractivity contribution is 0.201. The molecule has 0 bridgehead atoms. The van der Waals surface area contributed by atoms with Crippen LogP contribution in [0.5, 0.6) is 5.75 Å². The predicted octanol–water partition coefficient (Wildman–Crippen LogP) is 3.74. The molecule has 0 fully saturated rings. The summed E-state index contributed by atoms with van der Waals surface area (Å²) in [5.74, 6) is 0.336. The zero-order valence-corrected chi connectivity index (χ0v) is 16.9. The van der Waals surface area contributed by atoms with Gasteiger partial charge in [0.15, 0.2) is 11.6 Å². The van der Waals surface area contributed by atoms with Crippen LogP contribution in [-0.4, -0.2) is 40.0 Å². The van der Waals surface area contributed by atoms with Crippen molar-refractivity contribution in [2.24, 2.45) is 0 Å². The van der Waals surface area contributed by atoms with Gasteiger partial charge in [-0.25, -0.2) is 9.37 Å². The van der Waals surface area contributed by atoms with E-state index in [2.05, 4.69) is 20.6 Å². The summed E-state index contributed by atoms with van der Waals surface area (Å²) in [6.45, 7) is 4.10. The van der Waals surface area contributed by atoms with Crippen LogP contribution in [0.2, 0.25) is 0 Å². The van der Waals surface area contributed by atoms with Crippen LogP contribution < -0.4 is 15.4 Å². The molecule has 158 valence electrons. The Hall–Kier alpha value is -3.23. The molecule has 0 radical (unpaired) electrons. The molecule has 0 amide bonds. The molecule has 0 aliphatic heterocycles. The van der Waals surface area contributed by atoms with Crippen molar-refractivity contribution >= 4 is 23.1 Å². The van der Waals surface area contributed by atoms with Crippen LogP contribution >= 0.6 is 0 Å². The number of aliphatic hydroxyl groups is 2. The number of hydrogen-bond donors (Lipinski definition) is 4. The van der Waals surface area contributed by atoms with Crippen molar-refractivity contribution in [3.8, 4) is 5.75 Å². The van der Waals surface area contributed by atoms with Gasteiger partial charge in [-0.05, 0) is 42.0 Å². The number of halogens is 1. The Balaban J connectivity index is 1.71. The van der Waals surface area contributed by atoms with Crippen LogP contribution in [-0.2, 0) is 5.41 Å². The summed E-state index contributed by atoms with van der Waals surface area (Å²) in [6.07, 6.45) is 1.10. The zero-order valence-electron chi connectivity index (χ0n) is 16.9. The second kappa shape index (κ2) is 9.51. The highest BCUT2D eigenvalue weighted by atomic mass is 19.1. The van der Waals surface area contributed by atoms with E-state index in [0.29, 0.717) is 17.1 Å². The number of benzene rings is 2. The number of ether oxygens (including phenoxy) is 1. The van der Waals surface area contributed by atoms with Crippen molar-refractivity contribution in [2.45, 2.75) is 19.3 Å². The molecule has 0 saturated carbocycles. The van der Waals surface area contributed by atoms with Gasteiger partial charge in [0.25, 0.3) is 0 Å². The monoisotopic (exact) mass is 412 g/mol. The van der Waals surface area contributed by atoms with Crippen molar-refractivity contribution in [3.05, 3.63) is 66.1 Å². The fourth-order valence-electron chi connectivity index (χ4n) is 2.67. The molecular formula is C22H25FN4O3. The van der Waals surface area contributed by atoms with Crippen LogP contribution in [0.25, 0.3) is 0 Å². The van der Waals surface area contributed by atoms with E-state index < -0.39 is 5.82 Å². The number of nitrogens with zero attached hydrogens (tertiary/aromatic N) is 2. The summed E-state index contributed by atoms with van der Waals surface area (Å²) in [5, 5.41) is 24.2. The summed E-state index contributed by atoms with van der Waals surface area (Å²) in [5.41, 5.74) is 2.00. The average Bonchev–Trinajstić information content (AvgIpc) is 2.76. The maximum Gasteiger partial charge on any atom is 0.229 e. The van der Waals surface area contributed by atoms with Crippen molar-refractivity contribution in [2.75, 3.05) is 30.5 Å². The third-order valence-electron chi connectivity index (χ3n) is 4.54. The highest BCUT2D eigenvalue weighted by Crippen LogP contribution is 2.26. The molecule has 7 nitrogen and oxygen atoms in total. The molecule has 0 unspecified atom stereocenters. The van der Waals surface area contributed by atoms with E-state index in [-0.39, 0.29) is 37.0 Å². The molecule has 3 aromatic rings. The predicted molar refractivity (Wildman–Crippen MR) is 114 cm³/mol. The first-order valence-electron chi connectivity index (χ1n) is 9.53. The lowest BCUT2D eigenvalue weighted by atomic mass is 9.85. The molecule has 0 spiro atoms. The van der Waals surface area contributed by atoms with Gasteiger partial charge in [0.2, 0.25) is 5.95 Å². The van der Waals surface area contributed by atoms with Crippen molar-refractivity contribution in [3.63, 3.8) is 0 Å². The van der Waals surface area contributed by atoms with Crippen LogP contribution in [0.1, 0.15) is 19.4 Å². The Morgan fingerprint density at radius 2 is 1.60 bits per heavy atom. The smallest absolute Gasteiger partial charge is 0.229 e. The maximum atomic E-state index is 14.2. The summed E-state index contributed by atoms with van der Waals surface area (Å²) in [6, 6.07) is 14.4. The van der Waals surface area contributed by atoms with E-state index in [1.807, 2.05) is 38.1 Å². The summed E-state index contributed by atoms with van der Waals surface area (Å²) in [7, 11) is 0. The van der Waals surface area contributed by atoms with E-state index in [1.165, 1.54) is 0 Å². The van der Waals surface area contributed by atoms with Crippen molar-refractivity contribution < 1.29 is 19.3 Å². The highest BCUT2D eigenvalue weighted by molar-refractivity contribution is 5.60. The third-order valence-corrected chi connectivity index (χ3v) is 4.54. The Labute approximate surface area is 174 Å². The molecule has 0 aliphatic carbocycles. The molecule has 0 saturated heterocycles. The van der Waals surface area contributed by atoms with Gasteiger partial charge in [-0.15, -0.1) is 0 Å². The minimum absolute atomic E-state index is 0.0316. The molecule has 1 heterocycles. The average molecular weight is 412 g/mol. The number of aliphatic hydroxyl groups excluding tert-OH is 2. The standard InChI is InChI=1S/C22H25FN4O3/c1-22(2,14-29)15-3-5-16(6-4-15)25-20-19(23)13-24-21(27-20)26-17-7-9-18(10-8-17)30-12-11-28/h3-10,13,28-29H,11-12,14H2,1-2H3,(H2,24,25,26,27). The molecule has 8 heteroatoms. The van der Waals surface area contributed by atoms with E-state index in [9.17, 15) is 9.50 Å². The van der Waals surface area contributed by atoms with E-state index >= 15 is 0 Å². The summed E-state index contributed by atoms with van der Waals surface area (Å²) < 4.78 is 19.5. The first kappa shape index (κ1) is 21.5. The summed E-state index contributed by atoms with van der Waals surface area (Å²) in [4.78, 5) is 8.19. The van der Waals surface area contributed by atoms with Gasteiger partial charge in [-0.3, -0.25) is 0 Å². The van der Waals surface area contributed by atoms with Crippen LogP contribution in [0.3, 0.4) is 0 Å². The first-order chi connectivity index (χ1) is 14.4. The minimum atomic E-state index is -0.576. The lowest BCUT2D eigenvalue weighted by Gasteiger charge is -2.22. The zero-order chi connectivity index (χ0) is 21.6. The fraction of sp³-hybridized carbons (Fsp3) is 0.273. The Morgan fingerprint density at radius 1 is 0.967 bits per heavy atom. The molecule has 3 rings (SSSR count). The molecule has 0 atom stereocenters. The number of hydrogen-bond acceptors (Lipinski definition) is 7. The van der Waals surface area contributed by atoms with Gasteiger partial charge in [-0.1, -0.05) is 26.0 Å². The molecule has 1 aromatic heterocycles. The Kier molecular flexibility index (Phi) is 6.81. The van der Waals surface area contributed by atoms with Crippen molar-refractivity contribution in [1.82, 2.24) is 9.97 Å². The maximum absolute atomic E-state index is 14.2. The van der Waals surface area contributed by atoms with E-state index in [4.69, 9.17) is 9.84 Å². The number of aromatic nitrogens is 2.